The van der Waals surface area contributed by atoms with Gasteiger partial charge in [0.05, 0.1) is 28.0 Å². The largest absolute Gasteiger partial charge is 0.356 e. The van der Waals surface area contributed by atoms with Gasteiger partial charge >= 0.3 is 0 Å². The van der Waals surface area contributed by atoms with Crippen LogP contribution in [0.25, 0.3) is 0 Å². The smallest absolute Gasteiger partial charge is 0.254 e. The van der Waals surface area contributed by atoms with Gasteiger partial charge in [0.1, 0.15) is 0 Å². The molecule has 0 spiro atoms. The monoisotopic (exact) mass is 534 g/mol. The second-order valence-electron chi connectivity index (χ2n) is 10.6. The number of likely N-dealkylation sites (tertiary alicyclic amines) is 1. The van der Waals surface area contributed by atoms with Crippen LogP contribution in [0.15, 0.2) is 52.0 Å². The maximum Gasteiger partial charge on any atom is 0.254 e. The van der Waals surface area contributed by atoms with Gasteiger partial charge in [-0.25, -0.2) is 0 Å². The Morgan fingerprint density at radius 3 is 2.84 bits per heavy atom. The maximum absolute atomic E-state index is 13.4. The zero-order valence-corrected chi connectivity index (χ0v) is 22.8. The van der Waals surface area contributed by atoms with Crippen molar-refractivity contribution in [3.05, 3.63) is 73.6 Å². The Balaban J connectivity index is 1.28. The highest BCUT2D eigenvalue weighted by atomic mass is 35.5. The first-order valence-corrected chi connectivity index (χ1v) is 14.3. The third-order valence-corrected chi connectivity index (χ3v) is 9.21. The Morgan fingerprint density at radius 1 is 1.27 bits per heavy atom. The summed E-state index contributed by atoms with van der Waals surface area (Å²) in [5.74, 6) is 0.143. The van der Waals surface area contributed by atoms with Crippen LogP contribution < -0.4 is 5.32 Å². The van der Waals surface area contributed by atoms with Gasteiger partial charge in [0.25, 0.3) is 5.91 Å². The van der Waals surface area contributed by atoms with E-state index in [1.165, 1.54) is 4.88 Å². The Morgan fingerprint density at radius 2 is 2.08 bits per heavy atom. The number of halogens is 1. The number of fused-ring (bicyclic) bond motifs is 2. The molecule has 1 N–H and O–H groups in total. The molecule has 1 amide bonds. The summed E-state index contributed by atoms with van der Waals surface area (Å²) in [5.41, 5.74) is 5.61. The normalized spacial score (nSPS) is 24.1. The van der Waals surface area contributed by atoms with Crippen LogP contribution in [0.1, 0.15) is 52.5 Å². The van der Waals surface area contributed by atoms with E-state index in [1.54, 1.807) is 11.3 Å². The predicted octanol–water partition coefficient (Wildman–Crippen LogP) is 5.27. The summed E-state index contributed by atoms with van der Waals surface area (Å²) >= 11 is 8.66. The molecule has 0 unspecified atom stereocenters. The lowest BCUT2D eigenvalue weighted by Gasteiger charge is -2.35. The molecule has 1 aromatic heterocycles. The predicted molar refractivity (Wildman–Crippen MR) is 150 cm³/mol. The lowest BCUT2D eigenvalue weighted by atomic mass is 9.93. The highest BCUT2D eigenvalue weighted by Gasteiger charge is 2.38. The molecule has 4 heterocycles. The van der Waals surface area contributed by atoms with Crippen molar-refractivity contribution in [3.63, 3.8) is 0 Å². The number of amides is 1. The number of nitrogens with one attached hydrogen (secondary N) is 1. The number of Topliss-reactive ketones (excluding diaryl/α,β-unsaturated/α-hetero) is 1. The standard InChI is InChI=1S/C29H31ClN4O2S/c1-17(13-20-5-4-12-37-20)31-23-6-3-7-25(35)26(23)24-15-18-14-21-22(27(30)28(18)32-24)16-34(29(21)36)19-8-10-33(2)11-9-19/h3-6,12,14,17,19,32H,7-11,13,15-16H2,1-2H3/t17-/m1/s1. The van der Waals surface area contributed by atoms with E-state index in [0.29, 0.717) is 35.5 Å². The Bertz CT molecular complexity index is 1350. The fraction of sp³-hybridized carbons (Fsp3) is 0.414. The Labute approximate surface area is 226 Å². The zero-order chi connectivity index (χ0) is 25.7. The van der Waals surface area contributed by atoms with Crippen LogP contribution in [0, 0.1) is 0 Å². The van der Waals surface area contributed by atoms with Crippen molar-refractivity contribution in [2.45, 2.75) is 57.7 Å². The van der Waals surface area contributed by atoms with E-state index in [9.17, 15) is 9.59 Å². The first kappa shape index (κ1) is 24.6. The van der Waals surface area contributed by atoms with Gasteiger partial charge < -0.3 is 15.1 Å². The van der Waals surface area contributed by atoms with Crippen LogP contribution in [-0.2, 0) is 24.2 Å². The van der Waals surface area contributed by atoms with Crippen molar-refractivity contribution in [2.75, 3.05) is 25.5 Å². The van der Waals surface area contributed by atoms with Gasteiger partial charge in [0.15, 0.2) is 5.78 Å². The fourth-order valence-corrected chi connectivity index (χ4v) is 7.09. The van der Waals surface area contributed by atoms with E-state index in [4.69, 9.17) is 16.6 Å². The molecule has 2 aromatic rings. The van der Waals surface area contributed by atoms with Crippen LogP contribution in [0.4, 0.5) is 5.69 Å². The van der Waals surface area contributed by atoms with Crippen LogP contribution in [-0.4, -0.2) is 59.4 Å². The van der Waals surface area contributed by atoms with Crippen molar-refractivity contribution in [1.29, 1.82) is 0 Å². The number of anilines is 1. The number of benzene rings is 1. The molecule has 0 saturated carbocycles. The Hall–Kier alpha value is -2.74. The van der Waals surface area contributed by atoms with Gasteiger partial charge in [-0.3, -0.25) is 14.6 Å². The molecule has 4 aliphatic rings. The summed E-state index contributed by atoms with van der Waals surface area (Å²) in [7, 11) is 2.13. The second-order valence-corrected chi connectivity index (χ2v) is 12.0. The van der Waals surface area contributed by atoms with Gasteiger partial charge in [0.2, 0.25) is 0 Å². The third-order valence-electron chi connectivity index (χ3n) is 7.89. The number of hydrogen-bond donors (Lipinski definition) is 1. The van der Waals surface area contributed by atoms with Gasteiger partial charge in [-0.05, 0) is 69.1 Å². The van der Waals surface area contributed by atoms with E-state index in [1.807, 2.05) is 23.1 Å². The molecule has 1 aromatic carbocycles. The number of rotatable bonds is 4. The molecule has 1 atom stereocenters. The van der Waals surface area contributed by atoms with E-state index < -0.39 is 0 Å². The molecule has 1 fully saturated rings. The van der Waals surface area contributed by atoms with E-state index in [-0.39, 0.29) is 23.8 Å². The summed E-state index contributed by atoms with van der Waals surface area (Å²) in [6.07, 6.45) is 7.58. The third kappa shape index (κ3) is 4.58. The lowest BCUT2D eigenvalue weighted by Crippen LogP contribution is -2.43. The number of piperidine rings is 1. The van der Waals surface area contributed by atoms with Gasteiger partial charge in [-0.15, -0.1) is 11.3 Å². The molecule has 1 saturated heterocycles. The van der Waals surface area contributed by atoms with Gasteiger partial charge in [-0.2, -0.15) is 0 Å². The summed E-state index contributed by atoms with van der Waals surface area (Å²) in [6.45, 7) is 4.65. The molecule has 37 heavy (non-hydrogen) atoms. The van der Waals surface area contributed by atoms with Gasteiger partial charge in [0, 0.05) is 53.6 Å². The van der Waals surface area contributed by atoms with E-state index in [0.717, 1.165) is 60.6 Å². The number of thiophene rings is 1. The second kappa shape index (κ2) is 9.86. The maximum atomic E-state index is 13.4. The number of aliphatic imine (C=N–C) groups is 1. The molecular formula is C29H31ClN4O2S. The number of nitrogens with zero attached hydrogens (tertiary/aromatic N) is 3. The number of carbonyl (C=O) groups is 2. The average molecular weight is 535 g/mol. The minimum absolute atomic E-state index is 0.0548. The number of ketones is 1. The molecule has 0 bridgehead atoms. The molecule has 6 rings (SSSR count). The molecule has 3 aliphatic heterocycles. The average Bonchev–Trinajstić information content (AvgIpc) is 3.60. The first-order chi connectivity index (χ1) is 17.9. The van der Waals surface area contributed by atoms with E-state index in [2.05, 4.69) is 41.7 Å². The highest BCUT2D eigenvalue weighted by molar-refractivity contribution is 7.09. The first-order valence-electron chi connectivity index (χ1n) is 13.0. The SMILES string of the molecule is C[C@H](Cc1cccs1)N=C1C=CCC(=O)C1=C1Cc2cc3c(c(Cl)c2N1)CN(C1CCN(C)CC1)C3=O. The van der Waals surface area contributed by atoms with Gasteiger partial charge in [-0.1, -0.05) is 23.7 Å². The minimum atomic E-state index is 0.0548. The van der Waals surface area contributed by atoms with Crippen molar-refractivity contribution < 1.29 is 9.59 Å². The fourth-order valence-electron chi connectivity index (χ4n) is 5.94. The van der Waals surface area contributed by atoms with Crippen LogP contribution in [0.3, 0.4) is 0 Å². The molecule has 1 aliphatic carbocycles. The van der Waals surface area contributed by atoms with Crippen molar-refractivity contribution in [1.82, 2.24) is 9.80 Å². The summed E-state index contributed by atoms with van der Waals surface area (Å²) in [5, 5.41) is 6.16. The number of allylic oxidation sites excluding steroid dienone is 4. The summed E-state index contributed by atoms with van der Waals surface area (Å²) in [6, 6.07) is 6.48. The molecule has 8 heteroatoms. The Kier molecular flexibility index (Phi) is 6.55. The van der Waals surface area contributed by atoms with Crippen molar-refractivity contribution >= 4 is 46.0 Å². The summed E-state index contributed by atoms with van der Waals surface area (Å²) < 4.78 is 0. The lowest BCUT2D eigenvalue weighted by molar-refractivity contribution is -0.114. The van der Waals surface area contributed by atoms with E-state index >= 15 is 0 Å². The minimum Gasteiger partial charge on any atom is -0.356 e. The van der Waals surface area contributed by atoms with Crippen LogP contribution in [0.5, 0.6) is 0 Å². The van der Waals surface area contributed by atoms with Crippen LogP contribution in [0.2, 0.25) is 5.02 Å². The molecule has 6 nitrogen and oxygen atoms in total. The quantitative estimate of drug-likeness (QED) is 0.542. The summed E-state index contributed by atoms with van der Waals surface area (Å²) in [4.78, 5) is 37.0. The molecule has 192 valence electrons. The van der Waals surface area contributed by atoms with Crippen molar-refractivity contribution in [2.24, 2.45) is 4.99 Å². The molecule has 0 radical (unpaired) electrons. The van der Waals surface area contributed by atoms with Crippen molar-refractivity contribution in [3.8, 4) is 0 Å². The zero-order valence-electron chi connectivity index (χ0n) is 21.2. The number of hydrogen-bond acceptors (Lipinski definition) is 6. The highest BCUT2D eigenvalue weighted by Crippen LogP contribution is 2.44. The number of carbonyl (C=O) groups excluding carboxylic acids is 2. The molecular weight excluding hydrogens is 504 g/mol. The topological polar surface area (TPSA) is 65.0 Å². The van der Waals surface area contributed by atoms with Crippen LogP contribution >= 0.6 is 22.9 Å².